The van der Waals surface area contributed by atoms with Crippen LogP contribution in [0.4, 0.5) is 0 Å². The molecular weight excluding hydrogens is 182 g/mol. The number of rotatable bonds is 0. The highest BCUT2D eigenvalue weighted by molar-refractivity contribution is 7.15. The van der Waals surface area contributed by atoms with Gasteiger partial charge in [0, 0.05) is 11.8 Å². The molecule has 2 nitrogen and oxygen atoms in total. The van der Waals surface area contributed by atoms with Crippen LogP contribution in [0.5, 0.6) is 0 Å². The lowest BCUT2D eigenvalue weighted by Gasteiger charge is -1.79. The Morgan fingerprint density at radius 1 is 1.36 bits per heavy atom. The maximum absolute atomic E-state index is 11.2. The molecule has 0 aliphatic carbocycles. The first-order valence-corrected chi connectivity index (χ1v) is 4.17. The molecule has 0 unspecified atom stereocenters. The van der Waals surface area contributed by atoms with E-state index in [1.165, 1.54) is 11.5 Å². The van der Waals surface area contributed by atoms with E-state index in [0.717, 1.165) is 8.18 Å². The molecular formula is C7H4ClNOS. The quantitative estimate of drug-likeness (QED) is 0.616. The van der Waals surface area contributed by atoms with Crippen LogP contribution in [-0.2, 0) is 0 Å². The Labute approximate surface area is 71.9 Å². The van der Waals surface area contributed by atoms with Gasteiger partial charge in [0.25, 0.3) is 5.56 Å². The van der Waals surface area contributed by atoms with Gasteiger partial charge in [-0.2, -0.15) is 3.48 Å². The SMILES string of the molecule is O=c1c2ccccc2sn1Cl. The van der Waals surface area contributed by atoms with Gasteiger partial charge in [0.2, 0.25) is 0 Å². The lowest BCUT2D eigenvalue weighted by molar-refractivity contribution is 1.33. The number of fused-ring (bicyclic) bond motifs is 1. The summed E-state index contributed by atoms with van der Waals surface area (Å²) in [5.41, 5.74) is -0.132. The molecule has 11 heavy (non-hydrogen) atoms. The lowest BCUT2D eigenvalue weighted by atomic mass is 10.3. The molecule has 0 N–H and O–H groups in total. The van der Waals surface area contributed by atoms with Crippen LogP contribution >= 0.6 is 23.3 Å². The zero-order chi connectivity index (χ0) is 7.84. The summed E-state index contributed by atoms with van der Waals surface area (Å²) in [6, 6.07) is 7.36. The van der Waals surface area contributed by atoms with Gasteiger partial charge in [-0.3, -0.25) is 4.79 Å². The molecule has 0 amide bonds. The van der Waals surface area contributed by atoms with E-state index in [9.17, 15) is 4.79 Å². The summed E-state index contributed by atoms with van der Waals surface area (Å²) in [6.45, 7) is 0. The minimum atomic E-state index is -0.132. The van der Waals surface area contributed by atoms with E-state index >= 15 is 0 Å². The number of aromatic nitrogens is 1. The predicted molar refractivity (Wildman–Crippen MR) is 47.3 cm³/mol. The first-order chi connectivity index (χ1) is 5.29. The van der Waals surface area contributed by atoms with Gasteiger partial charge in [0.1, 0.15) is 0 Å². The van der Waals surface area contributed by atoms with Crippen LogP contribution in [0.1, 0.15) is 0 Å². The monoisotopic (exact) mass is 185 g/mol. The largest absolute Gasteiger partial charge is 0.283 e. The van der Waals surface area contributed by atoms with Crippen molar-refractivity contribution in [1.29, 1.82) is 0 Å². The number of halogens is 1. The van der Waals surface area contributed by atoms with Crippen molar-refractivity contribution >= 4 is 33.4 Å². The number of nitrogens with zero attached hydrogens (tertiary/aromatic N) is 1. The van der Waals surface area contributed by atoms with Gasteiger partial charge in [-0.05, 0) is 23.7 Å². The molecule has 0 radical (unpaired) electrons. The zero-order valence-corrected chi connectivity index (χ0v) is 7.02. The first-order valence-electron chi connectivity index (χ1n) is 3.06. The first kappa shape index (κ1) is 6.88. The van der Waals surface area contributed by atoms with Crippen LogP contribution in [0.15, 0.2) is 29.1 Å². The highest BCUT2D eigenvalue weighted by Crippen LogP contribution is 2.15. The maximum atomic E-state index is 11.2. The molecule has 0 fully saturated rings. The lowest BCUT2D eigenvalue weighted by Crippen LogP contribution is -2.02. The van der Waals surface area contributed by atoms with E-state index in [1.54, 1.807) is 6.07 Å². The van der Waals surface area contributed by atoms with Gasteiger partial charge in [0.05, 0.1) is 10.1 Å². The average Bonchev–Trinajstić information content (AvgIpc) is 2.30. The molecule has 1 aromatic heterocycles. The number of benzene rings is 1. The molecule has 56 valence electrons. The van der Waals surface area contributed by atoms with Crippen molar-refractivity contribution < 1.29 is 0 Å². The van der Waals surface area contributed by atoms with E-state index in [-0.39, 0.29) is 5.56 Å². The third kappa shape index (κ3) is 0.968. The highest BCUT2D eigenvalue weighted by atomic mass is 35.5. The average molecular weight is 186 g/mol. The van der Waals surface area contributed by atoms with E-state index in [0.29, 0.717) is 5.39 Å². The Balaban J connectivity index is 3.04. The molecule has 2 rings (SSSR count). The van der Waals surface area contributed by atoms with Gasteiger partial charge in [0.15, 0.2) is 0 Å². The molecule has 1 aromatic carbocycles. The summed E-state index contributed by atoms with van der Waals surface area (Å²) in [5, 5.41) is 0.688. The molecule has 0 aliphatic rings. The number of hydrogen-bond acceptors (Lipinski definition) is 2. The minimum absolute atomic E-state index is 0.132. The Morgan fingerprint density at radius 3 is 2.82 bits per heavy atom. The van der Waals surface area contributed by atoms with Crippen molar-refractivity contribution in [2.75, 3.05) is 0 Å². The minimum Gasteiger partial charge on any atom is -0.266 e. The van der Waals surface area contributed by atoms with Gasteiger partial charge in [-0.1, -0.05) is 12.1 Å². The second-order valence-corrected chi connectivity index (χ2v) is 3.66. The van der Waals surface area contributed by atoms with Gasteiger partial charge in [-0.15, -0.1) is 0 Å². The summed E-state index contributed by atoms with van der Waals surface area (Å²) >= 11 is 6.82. The van der Waals surface area contributed by atoms with Crippen LogP contribution in [0.25, 0.3) is 10.1 Å². The smallest absolute Gasteiger partial charge is 0.266 e. The van der Waals surface area contributed by atoms with Crippen LogP contribution in [0, 0.1) is 0 Å². The van der Waals surface area contributed by atoms with Crippen molar-refractivity contribution in [2.45, 2.75) is 0 Å². The van der Waals surface area contributed by atoms with E-state index in [2.05, 4.69) is 0 Å². The summed E-state index contributed by atoms with van der Waals surface area (Å²) in [6.07, 6.45) is 0. The normalized spacial score (nSPS) is 10.6. The van der Waals surface area contributed by atoms with Crippen LogP contribution in [-0.4, -0.2) is 3.48 Å². The molecule has 2 aromatic rings. The summed E-state index contributed by atoms with van der Waals surface area (Å²) in [7, 11) is 0. The van der Waals surface area contributed by atoms with Crippen molar-refractivity contribution in [3.63, 3.8) is 0 Å². The van der Waals surface area contributed by atoms with Gasteiger partial charge < -0.3 is 0 Å². The maximum Gasteiger partial charge on any atom is 0.283 e. The second kappa shape index (κ2) is 2.36. The fraction of sp³-hybridized carbons (Fsp3) is 0. The van der Waals surface area contributed by atoms with Gasteiger partial charge in [-0.25, -0.2) is 0 Å². The third-order valence-corrected chi connectivity index (χ3v) is 2.69. The molecule has 0 saturated carbocycles. The van der Waals surface area contributed by atoms with E-state index in [1.807, 2.05) is 18.2 Å². The number of hydrogen-bond donors (Lipinski definition) is 0. The molecule has 0 saturated heterocycles. The summed E-state index contributed by atoms with van der Waals surface area (Å²) < 4.78 is 2.04. The fourth-order valence-corrected chi connectivity index (χ4v) is 2.01. The standard InChI is InChI=1S/C7H4ClNOS/c8-9-7(10)5-3-1-2-4-6(5)11-9/h1-4H. The fourth-order valence-electron chi connectivity index (χ4n) is 0.945. The van der Waals surface area contributed by atoms with Crippen LogP contribution in [0.3, 0.4) is 0 Å². The molecule has 0 spiro atoms. The Kier molecular flexibility index (Phi) is 1.47. The topological polar surface area (TPSA) is 22.0 Å². The molecule has 0 atom stereocenters. The molecule has 4 heteroatoms. The highest BCUT2D eigenvalue weighted by Gasteiger charge is 2.02. The van der Waals surface area contributed by atoms with Crippen LogP contribution < -0.4 is 5.56 Å². The second-order valence-electron chi connectivity index (χ2n) is 2.14. The molecule has 0 bridgehead atoms. The Hall–Kier alpha value is -0.800. The van der Waals surface area contributed by atoms with E-state index < -0.39 is 0 Å². The summed E-state index contributed by atoms with van der Waals surface area (Å²) in [4.78, 5) is 11.2. The molecule has 0 aliphatic heterocycles. The predicted octanol–water partition coefficient (Wildman–Crippen LogP) is 2.06. The van der Waals surface area contributed by atoms with Crippen molar-refractivity contribution in [3.05, 3.63) is 34.6 Å². The molecule has 1 heterocycles. The zero-order valence-electron chi connectivity index (χ0n) is 5.45. The van der Waals surface area contributed by atoms with Crippen molar-refractivity contribution in [2.24, 2.45) is 0 Å². The van der Waals surface area contributed by atoms with E-state index in [4.69, 9.17) is 11.8 Å². The van der Waals surface area contributed by atoms with Crippen LogP contribution in [0.2, 0.25) is 0 Å². The Bertz CT molecular complexity index is 445. The van der Waals surface area contributed by atoms with Crippen molar-refractivity contribution in [3.8, 4) is 0 Å². The van der Waals surface area contributed by atoms with Gasteiger partial charge >= 0.3 is 0 Å². The Morgan fingerprint density at radius 2 is 2.09 bits per heavy atom. The van der Waals surface area contributed by atoms with Crippen molar-refractivity contribution in [1.82, 2.24) is 3.48 Å². The summed E-state index contributed by atoms with van der Waals surface area (Å²) in [5.74, 6) is 0. The third-order valence-electron chi connectivity index (χ3n) is 1.46.